The first-order chi connectivity index (χ1) is 12.8. The van der Waals surface area contributed by atoms with Gasteiger partial charge in [-0.15, -0.1) is 9.19 Å². The minimum absolute atomic E-state index is 0.0312. The number of aromatic nitrogens is 3. The van der Waals surface area contributed by atoms with E-state index in [2.05, 4.69) is 15.2 Å². The Morgan fingerprint density at radius 2 is 1.71 bits per heavy atom. The van der Waals surface area contributed by atoms with Crippen molar-refractivity contribution < 1.29 is 25.6 Å². The average Bonchev–Trinajstić information content (AvgIpc) is 3.09. The maximum Gasteiger partial charge on any atom is 0.323 e. The van der Waals surface area contributed by atoms with Crippen LogP contribution in [0.3, 0.4) is 0 Å². The highest BCUT2D eigenvalue weighted by Crippen LogP contribution is 2.21. The van der Waals surface area contributed by atoms with Crippen molar-refractivity contribution >= 4 is 37.5 Å². The fourth-order valence-corrected chi connectivity index (χ4v) is 3.73. The lowest BCUT2D eigenvalue weighted by atomic mass is 10.1. The molecule has 0 radical (unpaired) electrons. The molecule has 1 heterocycles. The smallest absolute Gasteiger partial charge is 0.204 e. The molecule has 2 aromatic rings. The molecule has 28 heavy (non-hydrogen) atoms. The summed E-state index contributed by atoms with van der Waals surface area (Å²) in [6, 6.07) is 1.50. The van der Waals surface area contributed by atoms with Crippen LogP contribution in [-0.2, 0) is 20.2 Å². The number of hydrogen-bond acceptors (Lipinski definition) is 7. The Morgan fingerprint density at radius 1 is 1.14 bits per heavy atom. The van der Waals surface area contributed by atoms with Crippen LogP contribution in [0.4, 0.5) is 8.78 Å². The van der Waals surface area contributed by atoms with Crippen LogP contribution in [0.25, 0.3) is 0 Å². The predicted octanol–water partition coefficient (Wildman–Crippen LogP) is 0.909. The van der Waals surface area contributed by atoms with Crippen LogP contribution in [0, 0.1) is 11.6 Å². The minimum Gasteiger partial charge on any atom is -0.204 e. The molecule has 0 saturated carbocycles. The zero-order chi connectivity index (χ0) is 21.4. The lowest BCUT2D eigenvalue weighted by Gasteiger charge is -2.13. The first kappa shape index (κ1) is 22.1. The molecule has 2 rings (SSSR count). The molecule has 15 heteroatoms. The third kappa shape index (κ3) is 4.14. The van der Waals surface area contributed by atoms with E-state index in [0.717, 1.165) is 29.8 Å². The Bertz CT molecular complexity index is 1150. The summed E-state index contributed by atoms with van der Waals surface area (Å²) in [6.07, 6.45) is 0.721. The molecule has 0 saturated heterocycles. The number of benzene rings is 1. The third-order valence-corrected chi connectivity index (χ3v) is 6.73. The molecule has 0 amide bonds. The third-order valence-electron chi connectivity index (χ3n) is 3.42. The van der Waals surface area contributed by atoms with Gasteiger partial charge in [0.2, 0.25) is 0 Å². The number of hydrazone groups is 1. The summed E-state index contributed by atoms with van der Waals surface area (Å²) in [6.45, 7) is 1.33. The van der Waals surface area contributed by atoms with Gasteiger partial charge in [0, 0.05) is 26.7 Å². The summed E-state index contributed by atoms with van der Waals surface area (Å²) >= 11 is 5.84. The van der Waals surface area contributed by atoms with Crippen LogP contribution in [0.5, 0.6) is 0 Å². The SMILES string of the molecule is C/C(=N\N(C)S(=O)(=O)c1ncn(S(=O)(=O)N(C)C)n1)c1cc(F)c(F)cc1Cl. The maximum atomic E-state index is 13.4. The zero-order valence-electron chi connectivity index (χ0n) is 15.0. The number of hydrogen-bond donors (Lipinski definition) is 0. The van der Waals surface area contributed by atoms with Gasteiger partial charge in [0.15, 0.2) is 11.6 Å². The summed E-state index contributed by atoms with van der Waals surface area (Å²) in [5.74, 6) is -2.35. The Labute approximate surface area is 165 Å². The maximum absolute atomic E-state index is 13.4. The van der Waals surface area contributed by atoms with Gasteiger partial charge >= 0.3 is 20.2 Å². The van der Waals surface area contributed by atoms with Gasteiger partial charge in [-0.25, -0.2) is 13.8 Å². The molecule has 0 unspecified atom stereocenters. The summed E-state index contributed by atoms with van der Waals surface area (Å²) in [5, 5.41) is 6.23. The Morgan fingerprint density at radius 3 is 2.29 bits per heavy atom. The number of rotatable bonds is 6. The second-order valence-corrected chi connectivity index (χ2v) is 9.81. The quantitative estimate of drug-likeness (QED) is 0.362. The molecular weight excluding hydrogens is 442 g/mol. The molecular formula is C13H15ClF2N6O4S2. The predicted molar refractivity (Wildman–Crippen MR) is 96.6 cm³/mol. The van der Waals surface area contributed by atoms with E-state index in [-0.39, 0.29) is 16.3 Å². The summed E-state index contributed by atoms with van der Waals surface area (Å²) in [5.41, 5.74) is -0.0772. The topological polar surface area (TPSA) is 118 Å². The van der Waals surface area contributed by atoms with E-state index in [1.807, 2.05) is 0 Å². The molecule has 0 aliphatic carbocycles. The molecule has 0 fully saturated rings. The van der Waals surface area contributed by atoms with E-state index >= 15 is 0 Å². The molecule has 1 aromatic heterocycles. The monoisotopic (exact) mass is 456 g/mol. The lowest BCUT2D eigenvalue weighted by molar-refractivity contribution is 0.479. The molecule has 0 aliphatic rings. The van der Waals surface area contributed by atoms with Gasteiger partial charge < -0.3 is 0 Å². The number of sulfonamides is 1. The summed E-state index contributed by atoms with van der Waals surface area (Å²) in [7, 11) is -4.99. The molecule has 0 spiro atoms. The normalized spacial score (nSPS) is 13.2. The fraction of sp³-hybridized carbons (Fsp3) is 0.308. The van der Waals surface area contributed by atoms with E-state index in [1.54, 1.807) is 0 Å². The minimum atomic E-state index is -4.43. The lowest BCUT2D eigenvalue weighted by Crippen LogP contribution is -2.30. The highest BCUT2D eigenvalue weighted by atomic mass is 35.5. The summed E-state index contributed by atoms with van der Waals surface area (Å²) < 4.78 is 77.2. The van der Waals surface area contributed by atoms with E-state index < -0.39 is 37.0 Å². The van der Waals surface area contributed by atoms with Crippen molar-refractivity contribution in [2.75, 3.05) is 21.1 Å². The van der Waals surface area contributed by atoms with Crippen LogP contribution >= 0.6 is 11.6 Å². The Balaban J connectivity index is 2.41. The van der Waals surface area contributed by atoms with Crippen LogP contribution in [-0.4, -0.2) is 66.6 Å². The van der Waals surface area contributed by atoms with E-state index in [0.29, 0.717) is 8.50 Å². The van der Waals surface area contributed by atoms with Gasteiger partial charge in [0.1, 0.15) is 6.33 Å². The zero-order valence-corrected chi connectivity index (χ0v) is 17.4. The van der Waals surface area contributed by atoms with Gasteiger partial charge in [-0.2, -0.15) is 30.7 Å². The molecule has 0 N–H and O–H groups in total. The van der Waals surface area contributed by atoms with E-state index in [1.165, 1.54) is 21.0 Å². The average molecular weight is 457 g/mol. The van der Waals surface area contributed by atoms with Gasteiger partial charge in [0.05, 0.1) is 10.7 Å². The van der Waals surface area contributed by atoms with Crippen LogP contribution in [0.1, 0.15) is 12.5 Å². The van der Waals surface area contributed by atoms with Crippen molar-refractivity contribution in [3.05, 3.63) is 40.7 Å². The molecule has 0 atom stereocenters. The van der Waals surface area contributed by atoms with E-state index in [4.69, 9.17) is 11.6 Å². The van der Waals surface area contributed by atoms with Crippen molar-refractivity contribution in [3.8, 4) is 0 Å². The highest BCUT2D eigenvalue weighted by molar-refractivity contribution is 7.89. The fourth-order valence-electron chi connectivity index (χ4n) is 1.87. The van der Waals surface area contributed by atoms with Gasteiger partial charge in [-0.3, -0.25) is 0 Å². The number of nitrogens with zero attached hydrogens (tertiary/aromatic N) is 6. The van der Waals surface area contributed by atoms with Crippen LogP contribution in [0.15, 0.2) is 28.7 Å². The second kappa shape index (κ2) is 7.69. The van der Waals surface area contributed by atoms with Crippen LogP contribution in [0.2, 0.25) is 5.02 Å². The van der Waals surface area contributed by atoms with Crippen molar-refractivity contribution in [3.63, 3.8) is 0 Å². The van der Waals surface area contributed by atoms with Crippen molar-refractivity contribution in [2.45, 2.75) is 12.1 Å². The van der Waals surface area contributed by atoms with Gasteiger partial charge in [0.25, 0.3) is 5.16 Å². The highest BCUT2D eigenvalue weighted by Gasteiger charge is 2.28. The molecule has 154 valence electrons. The molecule has 0 aliphatic heterocycles. The molecule has 1 aromatic carbocycles. The Kier molecular flexibility index (Phi) is 6.08. The molecule has 10 nitrogen and oxygen atoms in total. The first-order valence-corrected chi connectivity index (χ1v) is 10.5. The van der Waals surface area contributed by atoms with Crippen molar-refractivity contribution in [1.29, 1.82) is 0 Å². The standard InChI is InChI=1S/C13H15ClF2N6O4S2/c1-8(9-5-11(15)12(16)6-10(9)14)18-21(4)27(23,24)13-17-7-22(19-13)28(25,26)20(2)3/h5-7H,1-4H3/b18-8+. The van der Waals surface area contributed by atoms with E-state index in [9.17, 15) is 25.6 Å². The van der Waals surface area contributed by atoms with Gasteiger partial charge in [-0.05, 0) is 19.1 Å². The second-order valence-electron chi connectivity index (χ2n) is 5.56. The van der Waals surface area contributed by atoms with Gasteiger partial charge in [-0.1, -0.05) is 11.6 Å². The summed E-state index contributed by atoms with van der Waals surface area (Å²) in [4.78, 5) is 3.49. The molecule has 0 bridgehead atoms. The van der Waals surface area contributed by atoms with Crippen molar-refractivity contribution in [1.82, 2.24) is 22.9 Å². The number of halogens is 3. The Hall–Kier alpha value is -2.16. The largest absolute Gasteiger partial charge is 0.323 e. The van der Waals surface area contributed by atoms with Crippen LogP contribution < -0.4 is 0 Å². The van der Waals surface area contributed by atoms with Crippen molar-refractivity contribution in [2.24, 2.45) is 5.10 Å². The first-order valence-electron chi connectivity index (χ1n) is 7.32.